The molecule has 1 aliphatic heterocycles. The molecule has 0 radical (unpaired) electrons. The molecule has 1 aliphatic rings. The smallest absolute Gasteiger partial charge is 0.163 e. The normalized spacial score (nSPS) is 17.1. The number of piperazine rings is 1. The molecule has 3 heterocycles. The lowest BCUT2D eigenvalue weighted by Crippen LogP contribution is -2.48. The number of aromatic nitrogens is 4. The first-order valence-corrected chi connectivity index (χ1v) is 7.03. The fourth-order valence-corrected chi connectivity index (χ4v) is 2.72. The summed E-state index contributed by atoms with van der Waals surface area (Å²) in [6.07, 6.45) is 1.86. The van der Waals surface area contributed by atoms with Crippen LogP contribution in [0.2, 0.25) is 0 Å². The number of rotatable bonds is 3. The van der Waals surface area contributed by atoms with E-state index >= 15 is 0 Å². The summed E-state index contributed by atoms with van der Waals surface area (Å²) in [4.78, 5) is 13.8. The minimum atomic E-state index is 0.722. The van der Waals surface area contributed by atoms with Gasteiger partial charge in [0.2, 0.25) is 0 Å². The molecule has 1 saturated heterocycles. The second-order valence-corrected chi connectivity index (χ2v) is 5.22. The van der Waals surface area contributed by atoms with Crippen molar-refractivity contribution in [2.24, 2.45) is 12.8 Å². The Morgan fingerprint density at radius 1 is 1.20 bits per heavy atom. The van der Waals surface area contributed by atoms with Crippen molar-refractivity contribution in [1.82, 2.24) is 24.6 Å². The number of nitrogens with two attached hydrogens (primary N) is 1. The predicted molar refractivity (Wildman–Crippen MR) is 78.7 cm³/mol. The minimum absolute atomic E-state index is 0.722. The van der Waals surface area contributed by atoms with Gasteiger partial charge < -0.3 is 10.6 Å². The summed E-state index contributed by atoms with van der Waals surface area (Å²) >= 11 is 0. The first kappa shape index (κ1) is 13.3. The maximum atomic E-state index is 5.62. The van der Waals surface area contributed by atoms with Gasteiger partial charge in [-0.1, -0.05) is 0 Å². The molecule has 20 heavy (non-hydrogen) atoms. The molecule has 3 rings (SSSR count). The topological polar surface area (TPSA) is 76.1 Å². The highest BCUT2D eigenvalue weighted by atomic mass is 15.3. The van der Waals surface area contributed by atoms with Crippen LogP contribution in [0, 0.1) is 6.92 Å². The number of anilines is 1. The van der Waals surface area contributed by atoms with Crippen LogP contribution in [0.15, 0.2) is 6.20 Å². The summed E-state index contributed by atoms with van der Waals surface area (Å²) in [6.45, 7) is 7.63. The van der Waals surface area contributed by atoms with E-state index in [0.29, 0.717) is 0 Å². The van der Waals surface area contributed by atoms with Gasteiger partial charge in [-0.05, 0) is 6.92 Å². The summed E-state index contributed by atoms with van der Waals surface area (Å²) in [6, 6.07) is 0. The van der Waals surface area contributed by atoms with Gasteiger partial charge in [0.25, 0.3) is 0 Å². The van der Waals surface area contributed by atoms with E-state index in [1.165, 1.54) is 0 Å². The molecule has 2 N–H and O–H groups in total. The van der Waals surface area contributed by atoms with E-state index in [0.717, 1.165) is 61.9 Å². The van der Waals surface area contributed by atoms with Crippen LogP contribution in [-0.2, 0) is 7.05 Å². The molecule has 0 unspecified atom stereocenters. The minimum Gasteiger partial charge on any atom is -0.353 e. The van der Waals surface area contributed by atoms with Crippen molar-refractivity contribution in [3.05, 3.63) is 12.0 Å². The average molecular weight is 275 g/mol. The Bertz CT molecular complexity index is 598. The second kappa shape index (κ2) is 5.34. The van der Waals surface area contributed by atoms with Crippen LogP contribution in [0.25, 0.3) is 11.0 Å². The molecule has 0 bridgehead atoms. The maximum absolute atomic E-state index is 5.62. The van der Waals surface area contributed by atoms with E-state index in [4.69, 9.17) is 5.73 Å². The Balaban J connectivity index is 1.87. The lowest BCUT2D eigenvalue weighted by atomic mass is 10.2. The first-order valence-electron chi connectivity index (χ1n) is 7.03. The summed E-state index contributed by atoms with van der Waals surface area (Å²) < 4.78 is 1.80. The fraction of sp³-hybridized carbons (Fsp3) is 0.615. The average Bonchev–Trinajstić information content (AvgIpc) is 2.81. The van der Waals surface area contributed by atoms with Gasteiger partial charge in [0, 0.05) is 46.3 Å². The van der Waals surface area contributed by atoms with Gasteiger partial charge >= 0.3 is 0 Å². The van der Waals surface area contributed by atoms with Crippen molar-refractivity contribution < 1.29 is 0 Å². The van der Waals surface area contributed by atoms with Gasteiger partial charge in [-0.25, -0.2) is 9.97 Å². The molecule has 108 valence electrons. The Labute approximate surface area is 118 Å². The largest absolute Gasteiger partial charge is 0.353 e. The van der Waals surface area contributed by atoms with Gasteiger partial charge in [-0.3, -0.25) is 9.58 Å². The van der Waals surface area contributed by atoms with Crippen molar-refractivity contribution in [2.45, 2.75) is 6.92 Å². The van der Waals surface area contributed by atoms with Crippen molar-refractivity contribution >= 4 is 16.9 Å². The van der Waals surface area contributed by atoms with E-state index in [-0.39, 0.29) is 0 Å². The summed E-state index contributed by atoms with van der Waals surface area (Å²) in [5.41, 5.74) is 6.52. The van der Waals surface area contributed by atoms with Crippen LogP contribution in [0.3, 0.4) is 0 Å². The molecular weight excluding hydrogens is 254 g/mol. The highest BCUT2D eigenvalue weighted by Crippen LogP contribution is 2.24. The maximum Gasteiger partial charge on any atom is 0.163 e. The Kier molecular flexibility index (Phi) is 3.54. The van der Waals surface area contributed by atoms with Crippen LogP contribution in [-0.4, -0.2) is 63.9 Å². The molecule has 7 heteroatoms. The summed E-state index contributed by atoms with van der Waals surface area (Å²) in [5, 5.41) is 5.33. The summed E-state index contributed by atoms with van der Waals surface area (Å²) in [5.74, 6) is 1.80. The van der Waals surface area contributed by atoms with Gasteiger partial charge in [0.15, 0.2) is 5.65 Å². The van der Waals surface area contributed by atoms with E-state index in [1.807, 2.05) is 20.2 Å². The van der Waals surface area contributed by atoms with Crippen LogP contribution < -0.4 is 10.6 Å². The number of hydrogen-bond acceptors (Lipinski definition) is 6. The zero-order chi connectivity index (χ0) is 14.1. The van der Waals surface area contributed by atoms with E-state index in [9.17, 15) is 0 Å². The molecule has 0 amide bonds. The highest BCUT2D eigenvalue weighted by molar-refractivity contribution is 5.87. The standard InChI is InChI=1S/C13H21N7/c1-10-16-12-11(9-15-18(12)2)13(17-10)20-7-5-19(4-3-14)6-8-20/h9H,3-8,14H2,1-2H3. The number of hydrogen-bond donors (Lipinski definition) is 1. The molecule has 0 aliphatic carbocycles. The zero-order valence-corrected chi connectivity index (χ0v) is 12.1. The van der Waals surface area contributed by atoms with E-state index in [2.05, 4.69) is 24.9 Å². The summed E-state index contributed by atoms with van der Waals surface area (Å²) in [7, 11) is 1.91. The highest BCUT2D eigenvalue weighted by Gasteiger charge is 2.21. The Hall–Kier alpha value is -1.73. The van der Waals surface area contributed by atoms with Crippen molar-refractivity contribution in [3.63, 3.8) is 0 Å². The quantitative estimate of drug-likeness (QED) is 0.832. The van der Waals surface area contributed by atoms with Crippen molar-refractivity contribution in [3.8, 4) is 0 Å². The molecular formula is C13H21N7. The lowest BCUT2D eigenvalue weighted by Gasteiger charge is -2.35. The number of fused-ring (bicyclic) bond motifs is 1. The van der Waals surface area contributed by atoms with Gasteiger partial charge in [0.05, 0.1) is 11.6 Å². The Morgan fingerprint density at radius 3 is 2.65 bits per heavy atom. The van der Waals surface area contributed by atoms with Crippen LogP contribution in [0.1, 0.15) is 5.82 Å². The predicted octanol–water partition coefficient (Wildman–Crippen LogP) is -0.248. The molecule has 1 fully saturated rings. The zero-order valence-electron chi connectivity index (χ0n) is 12.1. The lowest BCUT2D eigenvalue weighted by molar-refractivity contribution is 0.264. The van der Waals surface area contributed by atoms with Crippen molar-refractivity contribution in [1.29, 1.82) is 0 Å². The van der Waals surface area contributed by atoms with Gasteiger partial charge in [0.1, 0.15) is 11.6 Å². The molecule has 2 aromatic heterocycles. The van der Waals surface area contributed by atoms with E-state index < -0.39 is 0 Å². The number of aryl methyl sites for hydroxylation is 2. The van der Waals surface area contributed by atoms with Crippen molar-refractivity contribution in [2.75, 3.05) is 44.2 Å². The molecule has 0 aromatic carbocycles. The molecule has 0 spiro atoms. The second-order valence-electron chi connectivity index (χ2n) is 5.22. The molecule has 0 atom stereocenters. The van der Waals surface area contributed by atoms with Crippen LogP contribution >= 0.6 is 0 Å². The third-order valence-electron chi connectivity index (χ3n) is 3.80. The Morgan fingerprint density at radius 2 is 1.95 bits per heavy atom. The van der Waals surface area contributed by atoms with Crippen LogP contribution in [0.5, 0.6) is 0 Å². The molecule has 2 aromatic rings. The molecule has 0 saturated carbocycles. The van der Waals surface area contributed by atoms with Gasteiger partial charge in [-0.2, -0.15) is 5.10 Å². The van der Waals surface area contributed by atoms with Crippen LogP contribution in [0.4, 0.5) is 5.82 Å². The monoisotopic (exact) mass is 275 g/mol. The first-order chi connectivity index (χ1) is 9.69. The molecule has 7 nitrogen and oxygen atoms in total. The SMILES string of the molecule is Cc1nc(N2CCN(CCN)CC2)c2cnn(C)c2n1. The fourth-order valence-electron chi connectivity index (χ4n) is 2.72. The number of nitrogens with zero attached hydrogens (tertiary/aromatic N) is 6. The van der Waals surface area contributed by atoms with Gasteiger partial charge in [-0.15, -0.1) is 0 Å². The third-order valence-corrected chi connectivity index (χ3v) is 3.80. The van der Waals surface area contributed by atoms with E-state index in [1.54, 1.807) is 4.68 Å². The third kappa shape index (κ3) is 2.34.